The largest absolute Gasteiger partial charge is 0.376 e. The van der Waals surface area contributed by atoms with Gasteiger partial charge in [-0.2, -0.15) is 0 Å². The highest BCUT2D eigenvalue weighted by atomic mass is 15.1. The Balaban J connectivity index is 1.53. The lowest BCUT2D eigenvalue weighted by molar-refractivity contribution is 1.36. The molecule has 8 rings (SSSR count). The molecule has 0 fully saturated rings. The zero-order valence-electron chi connectivity index (χ0n) is 18.6. The van der Waals surface area contributed by atoms with Crippen LogP contribution >= 0.6 is 0 Å². The van der Waals surface area contributed by atoms with Gasteiger partial charge in [0, 0.05) is 22.5 Å². The SMILES string of the molecule is c1ccc2c(c1)B1c3cc4ccccc4cc3-c3ccccc3N1c1cc3ccccc3cc1-2. The molecule has 34 heavy (non-hydrogen) atoms. The van der Waals surface area contributed by atoms with Crippen LogP contribution in [0.3, 0.4) is 0 Å². The van der Waals surface area contributed by atoms with E-state index in [1.165, 1.54) is 66.1 Å². The molecule has 0 spiro atoms. The molecule has 1 nitrogen and oxygen atoms in total. The Bertz CT molecular complexity index is 1650. The summed E-state index contributed by atoms with van der Waals surface area (Å²) in [7, 11) is 0. The topological polar surface area (TPSA) is 3.24 Å². The maximum Gasteiger partial charge on any atom is 0.329 e. The predicted molar refractivity (Wildman–Crippen MR) is 146 cm³/mol. The molecule has 6 aromatic rings. The number of para-hydroxylation sites is 1. The number of hydrogen-bond donors (Lipinski definition) is 0. The Morgan fingerprint density at radius 1 is 0.382 bits per heavy atom. The number of fused-ring (bicyclic) bond motifs is 13. The minimum absolute atomic E-state index is 0.138. The Hall–Kier alpha value is -4.30. The van der Waals surface area contributed by atoms with Gasteiger partial charge in [0.05, 0.1) is 0 Å². The quantitative estimate of drug-likeness (QED) is 0.238. The van der Waals surface area contributed by atoms with E-state index in [1.807, 2.05) is 0 Å². The van der Waals surface area contributed by atoms with E-state index in [1.54, 1.807) is 0 Å². The van der Waals surface area contributed by atoms with Gasteiger partial charge < -0.3 is 4.81 Å². The molecule has 0 amide bonds. The van der Waals surface area contributed by atoms with Gasteiger partial charge in [-0.3, -0.25) is 0 Å². The van der Waals surface area contributed by atoms with Crippen molar-refractivity contribution in [3.63, 3.8) is 0 Å². The van der Waals surface area contributed by atoms with E-state index in [9.17, 15) is 0 Å². The van der Waals surface area contributed by atoms with E-state index in [0.717, 1.165) is 0 Å². The molecule has 6 aromatic carbocycles. The lowest BCUT2D eigenvalue weighted by atomic mass is 9.43. The molecule has 0 saturated carbocycles. The van der Waals surface area contributed by atoms with Gasteiger partial charge in [-0.05, 0) is 67.9 Å². The Morgan fingerprint density at radius 2 is 0.941 bits per heavy atom. The van der Waals surface area contributed by atoms with Gasteiger partial charge in [0.25, 0.3) is 0 Å². The van der Waals surface area contributed by atoms with Crippen molar-refractivity contribution in [2.24, 2.45) is 0 Å². The lowest BCUT2D eigenvalue weighted by Crippen LogP contribution is -2.59. The third-order valence-corrected chi connectivity index (χ3v) is 7.59. The number of hydrogen-bond acceptors (Lipinski definition) is 1. The first kappa shape index (κ1) is 18.2. The second-order valence-corrected chi connectivity index (χ2v) is 9.38. The van der Waals surface area contributed by atoms with Crippen LogP contribution in [0.1, 0.15) is 0 Å². The number of nitrogens with zero attached hydrogens (tertiary/aromatic N) is 1. The monoisotopic (exact) mass is 429 g/mol. The van der Waals surface area contributed by atoms with E-state index in [2.05, 4.69) is 126 Å². The second-order valence-electron chi connectivity index (χ2n) is 9.38. The van der Waals surface area contributed by atoms with Gasteiger partial charge in [0.15, 0.2) is 0 Å². The van der Waals surface area contributed by atoms with Crippen molar-refractivity contribution in [2.45, 2.75) is 0 Å². The average molecular weight is 429 g/mol. The third-order valence-electron chi connectivity index (χ3n) is 7.59. The zero-order valence-corrected chi connectivity index (χ0v) is 18.6. The third kappa shape index (κ3) is 2.35. The normalized spacial score (nSPS) is 13.2. The molecule has 2 heteroatoms. The van der Waals surface area contributed by atoms with Crippen LogP contribution in [0.15, 0.2) is 121 Å². The summed E-state index contributed by atoms with van der Waals surface area (Å²) in [4.78, 5) is 2.58. The fourth-order valence-electron chi connectivity index (χ4n) is 6.11. The lowest BCUT2D eigenvalue weighted by Gasteiger charge is -2.43. The summed E-state index contributed by atoms with van der Waals surface area (Å²) in [6, 6.07) is 44.9. The summed E-state index contributed by atoms with van der Waals surface area (Å²) >= 11 is 0. The molecule has 0 N–H and O–H groups in total. The molecule has 2 aliphatic heterocycles. The van der Waals surface area contributed by atoms with E-state index >= 15 is 0 Å². The van der Waals surface area contributed by atoms with Crippen LogP contribution in [0.5, 0.6) is 0 Å². The fourth-order valence-corrected chi connectivity index (χ4v) is 6.11. The van der Waals surface area contributed by atoms with E-state index in [-0.39, 0.29) is 6.85 Å². The fraction of sp³-hybridized carbons (Fsp3) is 0. The summed E-state index contributed by atoms with van der Waals surface area (Å²) in [5.74, 6) is 0. The van der Waals surface area contributed by atoms with Crippen molar-refractivity contribution in [1.82, 2.24) is 0 Å². The molecule has 0 aliphatic carbocycles. The molecule has 0 atom stereocenters. The second kappa shape index (κ2) is 6.62. The smallest absolute Gasteiger partial charge is 0.329 e. The molecule has 156 valence electrons. The van der Waals surface area contributed by atoms with Crippen molar-refractivity contribution in [1.29, 1.82) is 0 Å². The highest BCUT2D eigenvalue weighted by molar-refractivity contribution is 6.92. The molecule has 0 unspecified atom stereocenters. The maximum atomic E-state index is 2.58. The summed E-state index contributed by atoms with van der Waals surface area (Å²) in [5, 5.41) is 5.15. The number of anilines is 2. The van der Waals surface area contributed by atoms with E-state index < -0.39 is 0 Å². The first-order valence-corrected chi connectivity index (χ1v) is 11.9. The van der Waals surface area contributed by atoms with Crippen LogP contribution in [0, 0.1) is 0 Å². The van der Waals surface area contributed by atoms with Gasteiger partial charge in [-0.25, -0.2) is 0 Å². The van der Waals surface area contributed by atoms with Crippen LogP contribution in [-0.2, 0) is 0 Å². The number of rotatable bonds is 0. The Labute approximate surface area is 199 Å². The zero-order chi connectivity index (χ0) is 22.2. The first-order chi connectivity index (χ1) is 16.9. The van der Waals surface area contributed by atoms with Gasteiger partial charge in [0.1, 0.15) is 0 Å². The summed E-state index contributed by atoms with van der Waals surface area (Å²) in [6.07, 6.45) is 0. The van der Waals surface area contributed by atoms with Crippen LogP contribution < -0.4 is 15.7 Å². The van der Waals surface area contributed by atoms with Crippen molar-refractivity contribution < 1.29 is 0 Å². The summed E-state index contributed by atoms with van der Waals surface area (Å²) < 4.78 is 0. The molecular weight excluding hydrogens is 409 g/mol. The van der Waals surface area contributed by atoms with Crippen molar-refractivity contribution in [3.05, 3.63) is 121 Å². The summed E-state index contributed by atoms with van der Waals surface area (Å²) in [5.41, 5.74) is 10.6. The molecule has 0 bridgehead atoms. The summed E-state index contributed by atoms with van der Waals surface area (Å²) in [6.45, 7) is 0.138. The predicted octanol–water partition coefficient (Wildman–Crippen LogP) is 6.90. The minimum Gasteiger partial charge on any atom is -0.376 e. The van der Waals surface area contributed by atoms with Crippen molar-refractivity contribution in [3.8, 4) is 22.3 Å². The van der Waals surface area contributed by atoms with Crippen molar-refractivity contribution >= 4 is 50.7 Å². The van der Waals surface area contributed by atoms with Gasteiger partial charge in [-0.1, -0.05) is 97.1 Å². The van der Waals surface area contributed by atoms with Crippen LogP contribution in [0.4, 0.5) is 11.4 Å². The van der Waals surface area contributed by atoms with Crippen LogP contribution in [0.2, 0.25) is 0 Å². The first-order valence-electron chi connectivity index (χ1n) is 11.9. The molecule has 0 radical (unpaired) electrons. The Morgan fingerprint density at radius 3 is 1.71 bits per heavy atom. The Kier molecular flexibility index (Phi) is 3.54. The minimum atomic E-state index is 0.138. The molecule has 2 aliphatic rings. The maximum absolute atomic E-state index is 2.58. The van der Waals surface area contributed by atoms with Gasteiger partial charge in [-0.15, -0.1) is 0 Å². The molecule has 0 saturated heterocycles. The molecular formula is C32H20BN. The van der Waals surface area contributed by atoms with E-state index in [4.69, 9.17) is 0 Å². The van der Waals surface area contributed by atoms with Crippen molar-refractivity contribution in [2.75, 3.05) is 4.81 Å². The number of benzene rings is 6. The highest BCUT2D eigenvalue weighted by Crippen LogP contribution is 2.47. The molecule has 0 aromatic heterocycles. The highest BCUT2D eigenvalue weighted by Gasteiger charge is 2.42. The molecule has 2 heterocycles. The van der Waals surface area contributed by atoms with Crippen LogP contribution in [0.25, 0.3) is 43.8 Å². The van der Waals surface area contributed by atoms with Gasteiger partial charge >= 0.3 is 6.85 Å². The van der Waals surface area contributed by atoms with E-state index in [0.29, 0.717) is 0 Å². The van der Waals surface area contributed by atoms with Gasteiger partial charge in [0.2, 0.25) is 0 Å². The van der Waals surface area contributed by atoms with Crippen LogP contribution in [-0.4, -0.2) is 6.85 Å². The standard InChI is InChI=1S/C32H20BN/c1-3-11-23-19-30-27(17-21(23)9-1)26-14-6-8-16-31(26)34-32-20-24-12-4-2-10-22(24)18-28(32)25-13-5-7-15-29(25)33(30)34/h1-20H. The average Bonchev–Trinajstić information content (AvgIpc) is 2.91.